The number of para-hydroxylation sites is 1. The van der Waals surface area contributed by atoms with Gasteiger partial charge in [0.05, 0.1) is 18.8 Å². The van der Waals surface area contributed by atoms with E-state index in [1.165, 1.54) is 0 Å². The summed E-state index contributed by atoms with van der Waals surface area (Å²) in [7, 11) is 0. The number of halogens is 1. The molecule has 0 aliphatic heterocycles. The highest BCUT2D eigenvalue weighted by atomic mass is 79.9. The summed E-state index contributed by atoms with van der Waals surface area (Å²) >= 11 is 3.34. The lowest BCUT2D eigenvalue weighted by Crippen LogP contribution is -3.14. The maximum absolute atomic E-state index is 12.0. The lowest BCUT2D eigenvalue weighted by molar-refractivity contribution is -0.881. The summed E-state index contributed by atoms with van der Waals surface area (Å²) in [4.78, 5) is 36.5. The minimum atomic E-state index is -0.309. The molecule has 1 unspecified atom stereocenters. The maximum atomic E-state index is 12.0. The smallest absolute Gasteiger partial charge is 0.275 e. The molecule has 138 valence electrons. The fourth-order valence-corrected chi connectivity index (χ4v) is 2.52. The van der Waals surface area contributed by atoms with Gasteiger partial charge in [0.1, 0.15) is 0 Å². The van der Waals surface area contributed by atoms with Gasteiger partial charge in [-0.25, -0.2) is 0 Å². The van der Waals surface area contributed by atoms with Crippen molar-refractivity contribution in [1.29, 1.82) is 0 Å². The highest BCUT2D eigenvalue weighted by Crippen LogP contribution is 2.20. The third-order valence-electron chi connectivity index (χ3n) is 3.36. The molecular formula is C17H26BrN4O3+. The van der Waals surface area contributed by atoms with Crippen LogP contribution in [0.2, 0.25) is 0 Å². The summed E-state index contributed by atoms with van der Waals surface area (Å²) in [6, 6.07) is 7.31. The van der Waals surface area contributed by atoms with Crippen molar-refractivity contribution in [2.45, 2.75) is 26.8 Å². The molecule has 0 saturated heterocycles. The summed E-state index contributed by atoms with van der Waals surface area (Å²) < 4.78 is 0.771. The SMILES string of the molecule is CC[NH+](CC(=O)NCC(=O)Nc1ccccc1Br)CC(=O)NC(C)C. The van der Waals surface area contributed by atoms with Crippen molar-refractivity contribution in [2.24, 2.45) is 0 Å². The number of nitrogens with one attached hydrogen (secondary N) is 4. The van der Waals surface area contributed by atoms with E-state index in [0.29, 0.717) is 12.2 Å². The zero-order valence-electron chi connectivity index (χ0n) is 14.8. The second-order valence-corrected chi connectivity index (χ2v) is 6.84. The molecule has 1 aromatic rings. The van der Waals surface area contributed by atoms with E-state index in [0.717, 1.165) is 9.37 Å². The topological polar surface area (TPSA) is 91.7 Å². The molecule has 0 saturated carbocycles. The van der Waals surface area contributed by atoms with Gasteiger partial charge >= 0.3 is 0 Å². The number of likely N-dealkylation sites (N-methyl/N-ethyl adjacent to an activating group) is 1. The second kappa shape index (κ2) is 10.8. The van der Waals surface area contributed by atoms with Crippen LogP contribution in [0.4, 0.5) is 5.69 Å². The molecule has 0 spiro atoms. The molecule has 3 amide bonds. The Labute approximate surface area is 156 Å². The molecular weight excluding hydrogens is 388 g/mol. The van der Waals surface area contributed by atoms with Crippen LogP contribution in [0.3, 0.4) is 0 Å². The Kier molecular flexibility index (Phi) is 9.15. The maximum Gasteiger partial charge on any atom is 0.275 e. The van der Waals surface area contributed by atoms with E-state index in [2.05, 4.69) is 31.9 Å². The number of benzene rings is 1. The van der Waals surface area contributed by atoms with Gasteiger partial charge < -0.3 is 20.9 Å². The van der Waals surface area contributed by atoms with Gasteiger partial charge in [0.2, 0.25) is 5.91 Å². The van der Waals surface area contributed by atoms with Crippen molar-refractivity contribution in [3.63, 3.8) is 0 Å². The van der Waals surface area contributed by atoms with Gasteiger partial charge in [-0.3, -0.25) is 14.4 Å². The molecule has 0 heterocycles. The minimum Gasteiger partial charge on any atom is -0.349 e. The van der Waals surface area contributed by atoms with Crippen LogP contribution < -0.4 is 20.9 Å². The van der Waals surface area contributed by atoms with Gasteiger partial charge in [-0.05, 0) is 48.8 Å². The predicted octanol–water partition coefficient (Wildman–Crippen LogP) is -0.0668. The molecule has 1 rings (SSSR count). The minimum absolute atomic E-state index is 0.0699. The number of hydrogen-bond donors (Lipinski definition) is 4. The molecule has 25 heavy (non-hydrogen) atoms. The first-order valence-electron chi connectivity index (χ1n) is 8.25. The van der Waals surface area contributed by atoms with Crippen LogP contribution in [0.5, 0.6) is 0 Å². The number of rotatable bonds is 9. The average Bonchev–Trinajstić information content (AvgIpc) is 2.53. The lowest BCUT2D eigenvalue weighted by atomic mass is 10.3. The molecule has 1 atom stereocenters. The third-order valence-corrected chi connectivity index (χ3v) is 4.06. The fourth-order valence-electron chi connectivity index (χ4n) is 2.14. The van der Waals surface area contributed by atoms with Crippen LogP contribution >= 0.6 is 15.9 Å². The molecule has 0 fully saturated rings. The second-order valence-electron chi connectivity index (χ2n) is 5.98. The largest absolute Gasteiger partial charge is 0.349 e. The van der Waals surface area contributed by atoms with Crippen LogP contribution in [0.25, 0.3) is 0 Å². The van der Waals surface area contributed by atoms with E-state index in [1.807, 2.05) is 39.0 Å². The van der Waals surface area contributed by atoms with E-state index in [4.69, 9.17) is 0 Å². The average molecular weight is 414 g/mol. The standard InChI is InChI=1S/C17H25BrN4O3/c1-4-22(11-17(25)20-12(2)3)10-16(24)19-9-15(23)21-14-8-6-5-7-13(14)18/h5-8,12H,4,9-11H2,1-3H3,(H,19,24)(H,20,25)(H,21,23)/p+1. The van der Waals surface area contributed by atoms with Gasteiger partial charge in [-0.2, -0.15) is 0 Å². The Morgan fingerprint density at radius 2 is 1.72 bits per heavy atom. The Morgan fingerprint density at radius 1 is 1.08 bits per heavy atom. The highest BCUT2D eigenvalue weighted by molar-refractivity contribution is 9.10. The predicted molar refractivity (Wildman–Crippen MR) is 100 cm³/mol. The summed E-state index contributed by atoms with van der Waals surface area (Å²) in [5.74, 6) is -0.668. The highest BCUT2D eigenvalue weighted by Gasteiger charge is 2.17. The van der Waals surface area contributed by atoms with Crippen LogP contribution in [-0.4, -0.2) is 49.9 Å². The molecule has 0 aliphatic rings. The van der Waals surface area contributed by atoms with Gasteiger partial charge in [-0.15, -0.1) is 0 Å². The molecule has 0 radical (unpaired) electrons. The van der Waals surface area contributed by atoms with Crippen molar-refractivity contribution in [3.05, 3.63) is 28.7 Å². The van der Waals surface area contributed by atoms with Crippen molar-refractivity contribution >= 4 is 39.3 Å². The molecule has 1 aromatic carbocycles. The molecule has 8 heteroatoms. The van der Waals surface area contributed by atoms with Crippen molar-refractivity contribution < 1.29 is 19.3 Å². The van der Waals surface area contributed by atoms with E-state index in [1.54, 1.807) is 6.07 Å². The van der Waals surface area contributed by atoms with Gasteiger partial charge in [0.25, 0.3) is 11.8 Å². The van der Waals surface area contributed by atoms with Crippen molar-refractivity contribution in [3.8, 4) is 0 Å². The fraction of sp³-hybridized carbons (Fsp3) is 0.471. The number of amides is 3. The third kappa shape index (κ3) is 8.64. The first-order valence-corrected chi connectivity index (χ1v) is 9.05. The molecule has 7 nitrogen and oxygen atoms in total. The van der Waals surface area contributed by atoms with Gasteiger partial charge in [0.15, 0.2) is 13.1 Å². The lowest BCUT2D eigenvalue weighted by Gasteiger charge is -2.17. The Bertz CT molecular complexity index is 607. The van der Waals surface area contributed by atoms with Crippen molar-refractivity contribution in [1.82, 2.24) is 10.6 Å². The summed E-state index contributed by atoms with van der Waals surface area (Å²) in [6.45, 7) is 6.58. The summed E-state index contributed by atoms with van der Waals surface area (Å²) in [5, 5.41) is 8.10. The number of hydrogen-bond acceptors (Lipinski definition) is 3. The molecule has 0 bridgehead atoms. The zero-order valence-corrected chi connectivity index (χ0v) is 16.4. The van der Waals surface area contributed by atoms with Crippen LogP contribution in [0.1, 0.15) is 20.8 Å². The Morgan fingerprint density at radius 3 is 2.32 bits per heavy atom. The monoisotopic (exact) mass is 413 g/mol. The Balaban J connectivity index is 2.38. The van der Waals surface area contributed by atoms with Crippen LogP contribution in [0.15, 0.2) is 28.7 Å². The van der Waals surface area contributed by atoms with Gasteiger partial charge in [-0.1, -0.05) is 12.1 Å². The molecule has 0 aliphatic carbocycles. The summed E-state index contributed by atoms with van der Waals surface area (Å²) in [5.41, 5.74) is 0.646. The van der Waals surface area contributed by atoms with Gasteiger partial charge in [0, 0.05) is 10.5 Å². The molecule has 4 N–H and O–H groups in total. The van der Waals surface area contributed by atoms with Crippen molar-refractivity contribution in [2.75, 3.05) is 31.5 Å². The van der Waals surface area contributed by atoms with Crippen LogP contribution in [-0.2, 0) is 14.4 Å². The number of carbonyl (C=O) groups is 3. The van der Waals surface area contributed by atoms with E-state index in [9.17, 15) is 14.4 Å². The van der Waals surface area contributed by atoms with E-state index >= 15 is 0 Å². The van der Waals surface area contributed by atoms with Crippen LogP contribution in [0, 0.1) is 0 Å². The molecule has 0 aromatic heterocycles. The summed E-state index contributed by atoms with van der Waals surface area (Å²) in [6.07, 6.45) is 0. The normalized spacial score (nSPS) is 11.7. The Hall–Kier alpha value is -1.93. The van der Waals surface area contributed by atoms with E-state index in [-0.39, 0.29) is 43.4 Å². The number of quaternary nitrogens is 1. The first-order chi connectivity index (χ1) is 11.8. The zero-order chi connectivity index (χ0) is 18.8. The first kappa shape index (κ1) is 21.1. The number of anilines is 1. The number of carbonyl (C=O) groups excluding carboxylic acids is 3. The van der Waals surface area contributed by atoms with E-state index < -0.39 is 0 Å². The quantitative estimate of drug-likeness (QED) is 0.456.